The fraction of sp³-hybridized carbons (Fsp3) is 0.263. The fourth-order valence-electron chi connectivity index (χ4n) is 2.73. The molecule has 0 radical (unpaired) electrons. The minimum Gasteiger partial charge on any atom is -0.349 e. The number of amides is 2. The van der Waals surface area contributed by atoms with Gasteiger partial charge in [-0.3, -0.25) is 9.59 Å². The van der Waals surface area contributed by atoms with E-state index in [2.05, 4.69) is 10.6 Å². The number of hydrogen-bond acceptors (Lipinski definition) is 2. The summed E-state index contributed by atoms with van der Waals surface area (Å²) in [4.78, 5) is 24.6. The molecule has 130 valence electrons. The maximum atomic E-state index is 12.3. The Bertz CT molecular complexity index is 795. The first kappa shape index (κ1) is 17.8. The Morgan fingerprint density at radius 3 is 2.36 bits per heavy atom. The van der Waals surface area contributed by atoms with Crippen LogP contribution in [0.25, 0.3) is 0 Å². The number of carbonyl (C=O) groups excluding carboxylic acids is 2. The second kappa shape index (κ2) is 7.46. The van der Waals surface area contributed by atoms with Gasteiger partial charge in [-0.05, 0) is 37.1 Å². The molecule has 3 atom stereocenters. The number of rotatable bonds is 5. The van der Waals surface area contributed by atoms with Gasteiger partial charge in [-0.15, -0.1) is 0 Å². The second-order valence-electron chi connectivity index (χ2n) is 6.21. The Morgan fingerprint density at radius 2 is 1.68 bits per heavy atom. The predicted molar refractivity (Wildman–Crippen MR) is 99.7 cm³/mol. The van der Waals surface area contributed by atoms with Crippen molar-refractivity contribution in [1.29, 1.82) is 0 Å². The van der Waals surface area contributed by atoms with E-state index in [0.29, 0.717) is 22.2 Å². The van der Waals surface area contributed by atoms with Crippen LogP contribution in [0.15, 0.2) is 48.5 Å². The van der Waals surface area contributed by atoms with Gasteiger partial charge < -0.3 is 10.6 Å². The standard InChI is InChI=1S/C19H18Cl2N2O2/c1-11(12-5-3-2-4-6-12)22-18(24)14-10-15(14)19(25)23-13-7-8-16(20)17(21)9-13/h2-9,11,14-15H,10H2,1H3,(H,22,24)(H,23,25). The smallest absolute Gasteiger partial charge is 0.228 e. The number of nitrogens with one attached hydrogen (secondary N) is 2. The van der Waals surface area contributed by atoms with Gasteiger partial charge >= 0.3 is 0 Å². The van der Waals surface area contributed by atoms with Crippen molar-refractivity contribution in [3.8, 4) is 0 Å². The molecule has 1 saturated carbocycles. The highest BCUT2D eigenvalue weighted by Crippen LogP contribution is 2.40. The summed E-state index contributed by atoms with van der Waals surface area (Å²) >= 11 is 11.8. The third-order valence-corrected chi connectivity index (χ3v) is 5.05. The highest BCUT2D eigenvalue weighted by Gasteiger charge is 2.48. The number of benzene rings is 2. The lowest BCUT2D eigenvalue weighted by atomic mass is 10.1. The van der Waals surface area contributed by atoms with Crippen LogP contribution in [0.1, 0.15) is 24.9 Å². The van der Waals surface area contributed by atoms with E-state index in [0.717, 1.165) is 5.56 Å². The highest BCUT2D eigenvalue weighted by atomic mass is 35.5. The van der Waals surface area contributed by atoms with E-state index in [1.807, 2.05) is 37.3 Å². The van der Waals surface area contributed by atoms with Crippen LogP contribution < -0.4 is 10.6 Å². The zero-order chi connectivity index (χ0) is 18.0. The third kappa shape index (κ3) is 4.33. The molecule has 0 bridgehead atoms. The molecule has 0 aliphatic heterocycles. The zero-order valence-corrected chi connectivity index (χ0v) is 15.1. The van der Waals surface area contributed by atoms with Crippen molar-refractivity contribution in [3.05, 3.63) is 64.1 Å². The lowest BCUT2D eigenvalue weighted by Gasteiger charge is -2.14. The topological polar surface area (TPSA) is 58.2 Å². The average molecular weight is 377 g/mol. The van der Waals surface area contributed by atoms with Gasteiger partial charge in [0.05, 0.1) is 27.9 Å². The molecule has 1 aliphatic rings. The summed E-state index contributed by atoms with van der Waals surface area (Å²) < 4.78 is 0. The van der Waals surface area contributed by atoms with Crippen LogP contribution in [-0.2, 0) is 9.59 Å². The molecular formula is C19H18Cl2N2O2. The van der Waals surface area contributed by atoms with E-state index < -0.39 is 0 Å². The summed E-state index contributed by atoms with van der Waals surface area (Å²) in [6, 6.07) is 14.5. The first-order valence-electron chi connectivity index (χ1n) is 8.07. The van der Waals surface area contributed by atoms with Crippen LogP contribution in [0.4, 0.5) is 5.69 Å². The summed E-state index contributed by atoms with van der Waals surface area (Å²) in [6.07, 6.45) is 0.556. The van der Waals surface area contributed by atoms with Crippen molar-refractivity contribution in [1.82, 2.24) is 5.32 Å². The van der Waals surface area contributed by atoms with E-state index in [1.165, 1.54) is 0 Å². The lowest BCUT2D eigenvalue weighted by molar-refractivity contribution is -0.125. The van der Waals surface area contributed by atoms with E-state index in [-0.39, 0.29) is 29.7 Å². The number of hydrogen-bond donors (Lipinski definition) is 2. The van der Waals surface area contributed by atoms with Gasteiger partial charge in [-0.1, -0.05) is 53.5 Å². The van der Waals surface area contributed by atoms with Gasteiger partial charge in [-0.25, -0.2) is 0 Å². The summed E-state index contributed by atoms with van der Waals surface area (Å²) in [5.41, 5.74) is 1.61. The summed E-state index contributed by atoms with van der Waals surface area (Å²) in [5.74, 6) is -0.858. The molecule has 2 amide bonds. The van der Waals surface area contributed by atoms with E-state index >= 15 is 0 Å². The molecule has 4 nitrogen and oxygen atoms in total. The van der Waals surface area contributed by atoms with E-state index in [1.54, 1.807) is 18.2 Å². The highest BCUT2D eigenvalue weighted by molar-refractivity contribution is 6.42. The first-order valence-corrected chi connectivity index (χ1v) is 8.82. The molecule has 2 aromatic rings. The molecule has 3 rings (SSSR count). The molecule has 3 unspecified atom stereocenters. The molecule has 6 heteroatoms. The van der Waals surface area contributed by atoms with Gasteiger partial charge in [-0.2, -0.15) is 0 Å². The molecule has 1 fully saturated rings. The Hall–Kier alpha value is -2.04. The Morgan fingerprint density at radius 1 is 1.00 bits per heavy atom. The maximum absolute atomic E-state index is 12.3. The van der Waals surface area contributed by atoms with Crippen molar-refractivity contribution in [2.24, 2.45) is 11.8 Å². The van der Waals surface area contributed by atoms with Crippen molar-refractivity contribution in [2.45, 2.75) is 19.4 Å². The SMILES string of the molecule is CC(NC(=O)C1CC1C(=O)Nc1ccc(Cl)c(Cl)c1)c1ccccc1. The molecular weight excluding hydrogens is 359 g/mol. The van der Waals surface area contributed by atoms with Crippen molar-refractivity contribution in [2.75, 3.05) is 5.32 Å². The molecule has 0 heterocycles. The van der Waals surface area contributed by atoms with Gasteiger partial charge in [0.15, 0.2) is 0 Å². The molecule has 2 N–H and O–H groups in total. The summed E-state index contributed by atoms with van der Waals surface area (Å²) in [7, 11) is 0. The van der Waals surface area contributed by atoms with Gasteiger partial charge in [0.2, 0.25) is 11.8 Å². The minimum absolute atomic E-state index is 0.0897. The van der Waals surface area contributed by atoms with Gasteiger partial charge in [0.1, 0.15) is 0 Å². The van der Waals surface area contributed by atoms with Crippen LogP contribution in [0.2, 0.25) is 10.0 Å². The number of anilines is 1. The molecule has 25 heavy (non-hydrogen) atoms. The third-order valence-electron chi connectivity index (χ3n) is 4.31. The molecule has 0 spiro atoms. The summed E-state index contributed by atoms with van der Waals surface area (Å²) in [5, 5.41) is 6.55. The number of halogens is 2. The fourth-order valence-corrected chi connectivity index (χ4v) is 3.03. The van der Waals surface area contributed by atoms with Crippen LogP contribution in [0.3, 0.4) is 0 Å². The first-order chi connectivity index (χ1) is 12.0. The molecule has 2 aromatic carbocycles. The zero-order valence-electron chi connectivity index (χ0n) is 13.6. The Kier molecular flexibility index (Phi) is 5.30. The van der Waals surface area contributed by atoms with Gasteiger partial charge in [0, 0.05) is 5.69 Å². The second-order valence-corrected chi connectivity index (χ2v) is 7.02. The largest absolute Gasteiger partial charge is 0.349 e. The van der Waals surface area contributed by atoms with Crippen molar-refractivity contribution >= 4 is 40.7 Å². The number of carbonyl (C=O) groups is 2. The Labute approximate surface area is 156 Å². The van der Waals surface area contributed by atoms with Gasteiger partial charge in [0.25, 0.3) is 0 Å². The van der Waals surface area contributed by atoms with E-state index in [4.69, 9.17) is 23.2 Å². The average Bonchev–Trinajstić information content (AvgIpc) is 3.40. The minimum atomic E-state index is -0.308. The Balaban J connectivity index is 1.53. The predicted octanol–water partition coefficient (Wildman–Crippen LogP) is 4.45. The summed E-state index contributed by atoms with van der Waals surface area (Å²) in [6.45, 7) is 1.93. The molecule has 0 aromatic heterocycles. The van der Waals surface area contributed by atoms with Crippen LogP contribution in [0.5, 0.6) is 0 Å². The normalized spacial score (nSPS) is 19.8. The maximum Gasteiger partial charge on any atom is 0.228 e. The van der Waals surface area contributed by atoms with Crippen LogP contribution in [0, 0.1) is 11.8 Å². The monoisotopic (exact) mass is 376 g/mol. The van der Waals surface area contributed by atoms with Crippen LogP contribution in [-0.4, -0.2) is 11.8 Å². The van der Waals surface area contributed by atoms with Crippen LogP contribution >= 0.6 is 23.2 Å². The van der Waals surface area contributed by atoms with E-state index in [9.17, 15) is 9.59 Å². The van der Waals surface area contributed by atoms with Crippen molar-refractivity contribution in [3.63, 3.8) is 0 Å². The quantitative estimate of drug-likeness (QED) is 0.809. The molecule has 1 aliphatic carbocycles. The van der Waals surface area contributed by atoms with Crippen molar-refractivity contribution < 1.29 is 9.59 Å². The lowest BCUT2D eigenvalue weighted by Crippen LogP contribution is -2.29. The molecule has 0 saturated heterocycles.